The first-order valence-electron chi connectivity index (χ1n) is 17.3. The van der Waals surface area contributed by atoms with Crippen LogP contribution in [0.2, 0.25) is 0 Å². The number of pyridine rings is 1. The summed E-state index contributed by atoms with van der Waals surface area (Å²) >= 11 is 3.56. The van der Waals surface area contributed by atoms with Crippen molar-refractivity contribution in [2.75, 3.05) is 0 Å². The molecule has 1 heterocycles. The number of Topliss-reactive ketones (excluding diaryl/α,β-unsaturated/α-hetero) is 1. The van der Waals surface area contributed by atoms with Gasteiger partial charge in [-0.3, -0.25) is 4.79 Å². The highest BCUT2D eigenvalue weighted by Crippen LogP contribution is 2.31. The topological polar surface area (TPSA) is 20.9 Å². The lowest BCUT2D eigenvalue weighted by Gasteiger charge is -2.44. The summed E-state index contributed by atoms with van der Waals surface area (Å²) in [5.74, 6) is -71.3. The zero-order valence-corrected chi connectivity index (χ0v) is 32.5. The van der Waals surface area contributed by atoms with E-state index in [-0.39, 0.29) is 5.78 Å². The fourth-order valence-corrected chi connectivity index (χ4v) is 7.78. The molecule has 0 aliphatic carbocycles. The summed E-state index contributed by atoms with van der Waals surface area (Å²) in [4.78, 5) is 12.3. The molecule has 7 rings (SSSR count). The van der Waals surface area contributed by atoms with Gasteiger partial charge in [-0.15, -0.1) is 21.9 Å². The van der Waals surface area contributed by atoms with Gasteiger partial charge in [0, 0.05) is 17.0 Å². The number of carbonyl (C=O) groups is 1. The van der Waals surface area contributed by atoms with Crippen LogP contribution in [0.5, 0.6) is 0 Å². The lowest BCUT2D eigenvalue weighted by Crippen LogP contribution is -2.81. The Hall–Kier alpha value is -6.46. The average molecular weight is 1010 g/mol. The third kappa shape index (κ3) is 7.53. The summed E-state index contributed by atoms with van der Waals surface area (Å²) in [6, 6.07) is 19.4. The molecule has 0 saturated heterocycles. The van der Waals surface area contributed by atoms with E-state index in [1.54, 1.807) is 0 Å². The second-order valence-electron chi connectivity index (χ2n) is 13.4. The number of hydrogen-bond donors (Lipinski definition) is 0. The van der Waals surface area contributed by atoms with Crippen LogP contribution in [0.3, 0.4) is 0 Å². The van der Waals surface area contributed by atoms with Gasteiger partial charge in [0.15, 0.2) is 76.0 Å². The highest BCUT2D eigenvalue weighted by atomic mass is 79.9. The molecule has 0 saturated carbocycles. The zero-order chi connectivity index (χ0) is 48.3. The Morgan fingerprint density at radius 3 is 1.00 bits per heavy atom. The van der Waals surface area contributed by atoms with E-state index in [0.717, 1.165) is 20.9 Å². The van der Waals surface area contributed by atoms with E-state index in [9.17, 15) is 57.5 Å². The standard InChI is InChI=1S/C24BF20.C17H13BrNO/c26-5-1(6(27)14(35)21(42)13(5)34)25(2-7(28)15(36)22(43)16(37)8(2)29,3-9(30)17(38)23(44)18(39)10(3)31)4-11(32)19(40)24(45)20(41)12(4)33;18-15-10-4-8-14-9-5-11-19(17(14)15)12-16(20)13-6-2-1-3-7-13/h;1-11H,12H2/q-1;+1. The molecule has 0 N–H and O–H groups in total. The monoisotopic (exact) mass is 1000 g/mol. The Bertz CT molecular complexity index is 2730. The molecular formula is C41H13BBrF20NO. The van der Waals surface area contributed by atoms with Crippen molar-refractivity contribution < 1.29 is 97.2 Å². The Morgan fingerprint density at radius 1 is 0.385 bits per heavy atom. The Labute approximate surface area is 357 Å². The van der Waals surface area contributed by atoms with Gasteiger partial charge < -0.3 is 0 Å². The molecule has 0 atom stereocenters. The fourth-order valence-electron chi connectivity index (χ4n) is 7.17. The molecule has 0 fully saturated rings. The van der Waals surface area contributed by atoms with E-state index < -0.39 is 144 Å². The van der Waals surface area contributed by atoms with Crippen LogP contribution < -0.4 is 26.4 Å². The van der Waals surface area contributed by atoms with Gasteiger partial charge in [0.2, 0.25) is 17.8 Å². The second-order valence-corrected chi connectivity index (χ2v) is 14.3. The van der Waals surface area contributed by atoms with Gasteiger partial charge in [-0.2, -0.15) is 4.57 Å². The van der Waals surface area contributed by atoms with Crippen LogP contribution in [0.1, 0.15) is 10.4 Å². The number of ketones is 1. The first-order chi connectivity index (χ1) is 30.5. The summed E-state index contributed by atoms with van der Waals surface area (Å²) in [5.41, 5.74) is -12.5. The average Bonchev–Trinajstić information content (AvgIpc) is 3.29. The maximum absolute atomic E-state index is 15.4. The predicted octanol–water partition coefficient (Wildman–Crippen LogP) is 9.62. The van der Waals surface area contributed by atoms with Crippen molar-refractivity contribution in [1.82, 2.24) is 0 Å². The van der Waals surface area contributed by atoms with Crippen molar-refractivity contribution in [3.05, 3.63) is 193 Å². The first-order valence-corrected chi connectivity index (χ1v) is 18.1. The van der Waals surface area contributed by atoms with Crippen LogP contribution >= 0.6 is 15.9 Å². The summed E-state index contributed by atoms with van der Waals surface area (Å²) < 4.78 is 297. The fraction of sp³-hybridized carbons (Fsp3) is 0.0244. The summed E-state index contributed by atoms with van der Waals surface area (Å²) in [7, 11) is 0. The lowest BCUT2D eigenvalue weighted by molar-refractivity contribution is -0.657. The van der Waals surface area contributed by atoms with Crippen LogP contribution in [0, 0.1) is 116 Å². The van der Waals surface area contributed by atoms with E-state index in [0.29, 0.717) is 6.54 Å². The van der Waals surface area contributed by atoms with Crippen molar-refractivity contribution in [1.29, 1.82) is 0 Å². The molecule has 65 heavy (non-hydrogen) atoms. The number of carbonyl (C=O) groups excluding carboxylic acids is 1. The van der Waals surface area contributed by atoms with Gasteiger partial charge in [0.1, 0.15) is 52.7 Å². The number of para-hydroxylation sites is 1. The van der Waals surface area contributed by atoms with Gasteiger partial charge in [0.05, 0.1) is 4.47 Å². The maximum Gasteiger partial charge on any atom is 0.227 e. The molecule has 24 heteroatoms. The highest BCUT2D eigenvalue weighted by Gasteiger charge is 2.52. The first kappa shape index (κ1) is 48.0. The maximum atomic E-state index is 15.4. The van der Waals surface area contributed by atoms with Crippen molar-refractivity contribution in [2.45, 2.75) is 6.54 Å². The minimum absolute atomic E-state index is 0.110. The zero-order valence-electron chi connectivity index (χ0n) is 30.9. The van der Waals surface area contributed by atoms with E-state index in [2.05, 4.69) is 15.9 Å². The number of halogens is 21. The largest absolute Gasteiger partial charge is 0.287 e. The van der Waals surface area contributed by atoms with Crippen molar-refractivity contribution in [2.24, 2.45) is 0 Å². The molecular weight excluding hydrogens is 993 g/mol. The van der Waals surface area contributed by atoms with Crippen molar-refractivity contribution in [3.8, 4) is 0 Å². The van der Waals surface area contributed by atoms with Crippen LogP contribution in [0.4, 0.5) is 87.8 Å². The van der Waals surface area contributed by atoms with Crippen molar-refractivity contribution >= 4 is 60.6 Å². The highest BCUT2D eigenvalue weighted by molar-refractivity contribution is 9.10. The van der Waals surface area contributed by atoms with Crippen LogP contribution in [-0.4, -0.2) is 11.9 Å². The van der Waals surface area contributed by atoms with E-state index in [1.807, 2.05) is 71.4 Å². The van der Waals surface area contributed by atoms with Gasteiger partial charge in [-0.05, 0) is 34.1 Å². The normalized spacial score (nSPS) is 11.6. The minimum Gasteiger partial charge on any atom is -0.287 e. The molecule has 0 aliphatic heterocycles. The molecule has 6 aromatic carbocycles. The molecule has 0 spiro atoms. The molecule has 7 aromatic rings. The molecule has 1 aromatic heterocycles. The smallest absolute Gasteiger partial charge is 0.227 e. The molecule has 2 nitrogen and oxygen atoms in total. The molecule has 0 unspecified atom stereocenters. The molecule has 0 amide bonds. The van der Waals surface area contributed by atoms with Crippen molar-refractivity contribution in [3.63, 3.8) is 0 Å². The minimum atomic E-state index is -7.22. The Balaban J connectivity index is 0.000000289. The summed E-state index contributed by atoms with van der Waals surface area (Å²) in [6.45, 7) is 0.337. The molecule has 0 radical (unpaired) electrons. The lowest BCUT2D eigenvalue weighted by atomic mass is 9.12. The number of benzene rings is 6. The van der Waals surface area contributed by atoms with Crippen LogP contribution in [0.25, 0.3) is 10.9 Å². The predicted molar refractivity (Wildman–Crippen MR) is 192 cm³/mol. The number of fused-ring (bicyclic) bond motifs is 1. The third-order valence-electron chi connectivity index (χ3n) is 9.96. The Morgan fingerprint density at radius 2 is 0.677 bits per heavy atom. The third-order valence-corrected chi connectivity index (χ3v) is 10.6. The molecule has 338 valence electrons. The van der Waals surface area contributed by atoms with E-state index >= 15 is 35.1 Å². The molecule has 0 bridgehead atoms. The van der Waals surface area contributed by atoms with E-state index in [4.69, 9.17) is 0 Å². The number of hydrogen-bond acceptors (Lipinski definition) is 1. The summed E-state index contributed by atoms with van der Waals surface area (Å²) in [6.07, 6.45) is -5.28. The van der Waals surface area contributed by atoms with Gasteiger partial charge in [0.25, 0.3) is 0 Å². The van der Waals surface area contributed by atoms with Crippen LogP contribution in [0.15, 0.2) is 71.3 Å². The van der Waals surface area contributed by atoms with Gasteiger partial charge in [-0.1, -0.05) is 36.4 Å². The second kappa shape index (κ2) is 17.8. The molecule has 0 aliphatic rings. The SMILES string of the molecule is Fc1c(F)c(F)c([B-](c2c(F)c(F)c(F)c(F)c2F)(c2c(F)c(F)c(F)c(F)c2F)c2c(F)c(F)c(F)c(F)c2F)c(F)c1F.O=C(C[n+]1cccc2cccc(Br)c21)c1ccccc1. The van der Waals surface area contributed by atoms with Gasteiger partial charge in [-0.25, -0.2) is 87.8 Å². The van der Waals surface area contributed by atoms with E-state index in [1.165, 1.54) is 0 Å². The quantitative estimate of drug-likeness (QED) is 0.0390. The van der Waals surface area contributed by atoms with Crippen LogP contribution in [-0.2, 0) is 6.54 Å². The Kier molecular flexibility index (Phi) is 13.2. The van der Waals surface area contributed by atoms with Gasteiger partial charge >= 0.3 is 0 Å². The summed E-state index contributed by atoms with van der Waals surface area (Å²) in [5, 5.41) is 1.11. The number of aromatic nitrogens is 1. The number of nitrogens with zero attached hydrogens (tertiary/aromatic N) is 1. The number of rotatable bonds is 7.